The van der Waals surface area contributed by atoms with Gasteiger partial charge in [0.25, 0.3) is 5.91 Å². The van der Waals surface area contributed by atoms with Crippen LogP contribution in [0.15, 0.2) is 72.8 Å². The Balaban J connectivity index is 1.77. The molecule has 4 heteroatoms. The molecule has 0 aliphatic carbocycles. The molecule has 5 rings (SSSR count). The second-order valence-electron chi connectivity index (χ2n) is 8.03. The van der Waals surface area contributed by atoms with Gasteiger partial charge in [0.15, 0.2) is 0 Å². The lowest BCUT2D eigenvalue weighted by molar-refractivity contribution is 0.0748. The number of nitrogens with zero attached hydrogens (tertiary/aromatic N) is 1. The van der Waals surface area contributed by atoms with Crippen LogP contribution in [-0.2, 0) is 0 Å². The first-order valence-corrected chi connectivity index (χ1v) is 10.9. The Bertz CT molecular complexity index is 1260. The minimum absolute atomic E-state index is 0.118. The molecule has 3 aromatic carbocycles. The van der Waals surface area contributed by atoms with Crippen molar-refractivity contribution in [3.63, 3.8) is 0 Å². The zero-order chi connectivity index (χ0) is 21.4. The number of para-hydroxylation sites is 1. The number of ether oxygens (including phenoxy) is 1. The van der Waals surface area contributed by atoms with E-state index < -0.39 is 0 Å². The van der Waals surface area contributed by atoms with Gasteiger partial charge in [-0.15, -0.1) is 0 Å². The molecule has 0 fully saturated rings. The van der Waals surface area contributed by atoms with Crippen molar-refractivity contribution in [1.82, 2.24) is 9.88 Å². The number of unbranched alkanes of at least 4 members (excludes halogenated alkanes) is 1. The number of methoxy groups -OCH3 is 1. The molecule has 1 amide bonds. The van der Waals surface area contributed by atoms with E-state index in [1.807, 2.05) is 47.4 Å². The molecule has 1 aliphatic rings. The molecule has 156 valence electrons. The summed E-state index contributed by atoms with van der Waals surface area (Å²) in [6, 6.07) is 24.4. The number of aromatic nitrogens is 1. The van der Waals surface area contributed by atoms with E-state index in [0.29, 0.717) is 0 Å². The summed E-state index contributed by atoms with van der Waals surface area (Å²) in [4.78, 5) is 19.1. The number of benzene rings is 3. The lowest BCUT2D eigenvalue weighted by atomic mass is 9.93. The van der Waals surface area contributed by atoms with Gasteiger partial charge in [0, 0.05) is 34.1 Å². The van der Waals surface area contributed by atoms with E-state index in [4.69, 9.17) is 4.74 Å². The molecule has 0 saturated heterocycles. The third-order valence-electron chi connectivity index (χ3n) is 6.19. The Morgan fingerprint density at radius 1 is 1.00 bits per heavy atom. The van der Waals surface area contributed by atoms with Crippen LogP contribution in [0.4, 0.5) is 0 Å². The summed E-state index contributed by atoms with van der Waals surface area (Å²) in [5, 5.41) is 1.15. The standard InChI is InChI=1S/C27H26N2O2/c1-3-4-16-29-26(20-12-5-6-13-21(20)27(29)30)24-22-14-7-8-15-23(22)28-25(24)18-10-9-11-19(17-18)31-2/h5-15,17,26,28H,3-4,16H2,1-2H3/t26-/m0/s1. The number of carbonyl (C=O) groups is 1. The Labute approximate surface area is 182 Å². The maximum absolute atomic E-state index is 13.4. The van der Waals surface area contributed by atoms with Crippen LogP contribution in [0.25, 0.3) is 22.2 Å². The summed E-state index contributed by atoms with van der Waals surface area (Å²) in [5.74, 6) is 0.934. The van der Waals surface area contributed by atoms with Crippen LogP contribution in [-0.4, -0.2) is 29.4 Å². The van der Waals surface area contributed by atoms with Crippen LogP contribution in [0.3, 0.4) is 0 Å². The lowest BCUT2D eigenvalue weighted by Crippen LogP contribution is -2.30. The molecular formula is C27H26N2O2. The smallest absolute Gasteiger partial charge is 0.255 e. The van der Waals surface area contributed by atoms with E-state index in [1.54, 1.807) is 7.11 Å². The zero-order valence-electron chi connectivity index (χ0n) is 17.9. The molecule has 4 nitrogen and oxygen atoms in total. The van der Waals surface area contributed by atoms with Gasteiger partial charge in [-0.05, 0) is 36.2 Å². The fraction of sp³-hybridized carbons (Fsp3) is 0.222. The van der Waals surface area contributed by atoms with Gasteiger partial charge in [0.2, 0.25) is 0 Å². The third-order valence-corrected chi connectivity index (χ3v) is 6.19. The molecule has 2 heterocycles. The molecule has 0 unspecified atom stereocenters. The van der Waals surface area contributed by atoms with Gasteiger partial charge in [-0.3, -0.25) is 4.79 Å². The van der Waals surface area contributed by atoms with Crippen LogP contribution in [0.1, 0.15) is 47.3 Å². The highest BCUT2D eigenvalue weighted by molar-refractivity contribution is 6.02. The number of H-pyrrole nitrogens is 1. The Hall–Kier alpha value is -3.53. The normalized spacial score (nSPS) is 15.5. The third kappa shape index (κ3) is 3.19. The Morgan fingerprint density at radius 3 is 2.65 bits per heavy atom. The van der Waals surface area contributed by atoms with Crippen molar-refractivity contribution in [2.24, 2.45) is 0 Å². The first kappa shape index (κ1) is 19.4. The van der Waals surface area contributed by atoms with E-state index in [1.165, 1.54) is 0 Å². The van der Waals surface area contributed by atoms with Crippen LogP contribution in [0.2, 0.25) is 0 Å². The summed E-state index contributed by atoms with van der Waals surface area (Å²) in [7, 11) is 1.68. The first-order chi connectivity index (χ1) is 15.2. The molecule has 0 spiro atoms. The van der Waals surface area contributed by atoms with Crippen molar-refractivity contribution in [2.45, 2.75) is 25.8 Å². The Kier molecular flexibility index (Phi) is 4.99. The predicted molar refractivity (Wildman–Crippen MR) is 125 cm³/mol. The quantitative estimate of drug-likeness (QED) is 0.412. The minimum Gasteiger partial charge on any atom is -0.497 e. The summed E-state index contributed by atoms with van der Waals surface area (Å²) in [6.07, 6.45) is 2.02. The number of nitrogens with one attached hydrogen (secondary N) is 1. The van der Waals surface area contributed by atoms with Crippen molar-refractivity contribution in [3.05, 3.63) is 89.5 Å². The van der Waals surface area contributed by atoms with Crippen LogP contribution in [0, 0.1) is 0 Å². The highest BCUT2D eigenvalue weighted by Crippen LogP contribution is 2.45. The van der Waals surface area contributed by atoms with Gasteiger partial charge in [0.1, 0.15) is 5.75 Å². The van der Waals surface area contributed by atoms with Crippen molar-refractivity contribution in [3.8, 4) is 17.0 Å². The van der Waals surface area contributed by atoms with Crippen LogP contribution < -0.4 is 4.74 Å². The van der Waals surface area contributed by atoms with Gasteiger partial charge in [0.05, 0.1) is 18.8 Å². The maximum Gasteiger partial charge on any atom is 0.255 e. The Morgan fingerprint density at radius 2 is 1.81 bits per heavy atom. The first-order valence-electron chi connectivity index (χ1n) is 10.9. The summed E-state index contributed by atoms with van der Waals surface area (Å²) < 4.78 is 5.48. The molecule has 1 aromatic heterocycles. The molecule has 0 radical (unpaired) electrons. The summed E-state index contributed by atoms with van der Waals surface area (Å²) in [6.45, 7) is 2.90. The topological polar surface area (TPSA) is 45.3 Å². The number of amides is 1. The second-order valence-corrected chi connectivity index (χ2v) is 8.03. The number of fused-ring (bicyclic) bond motifs is 2. The highest BCUT2D eigenvalue weighted by Gasteiger charge is 2.39. The molecule has 31 heavy (non-hydrogen) atoms. The number of carbonyl (C=O) groups excluding carboxylic acids is 1. The molecular weight excluding hydrogens is 384 g/mol. The zero-order valence-corrected chi connectivity index (χ0v) is 17.9. The van der Waals surface area contributed by atoms with Gasteiger partial charge in [-0.1, -0.05) is 61.9 Å². The summed E-state index contributed by atoms with van der Waals surface area (Å²) in [5.41, 5.74) is 6.21. The van der Waals surface area contributed by atoms with Gasteiger partial charge in [-0.25, -0.2) is 0 Å². The van der Waals surface area contributed by atoms with Gasteiger partial charge in [-0.2, -0.15) is 0 Å². The van der Waals surface area contributed by atoms with Crippen molar-refractivity contribution in [2.75, 3.05) is 13.7 Å². The fourth-order valence-electron chi connectivity index (χ4n) is 4.69. The van der Waals surface area contributed by atoms with E-state index in [0.717, 1.165) is 64.0 Å². The second kappa shape index (κ2) is 7.95. The summed E-state index contributed by atoms with van der Waals surface area (Å²) >= 11 is 0. The molecule has 0 bridgehead atoms. The molecule has 4 aromatic rings. The highest BCUT2D eigenvalue weighted by atomic mass is 16.5. The van der Waals surface area contributed by atoms with E-state index in [2.05, 4.69) is 42.2 Å². The molecule has 1 aliphatic heterocycles. The molecule has 1 N–H and O–H groups in total. The van der Waals surface area contributed by atoms with Gasteiger partial charge < -0.3 is 14.6 Å². The molecule has 1 atom stereocenters. The average Bonchev–Trinajstić information content (AvgIpc) is 3.33. The van der Waals surface area contributed by atoms with Crippen LogP contribution >= 0.6 is 0 Å². The van der Waals surface area contributed by atoms with Crippen molar-refractivity contribution in [1.29, 1.82) is 0 Å². The fourth-order valence-corrected chi connectivity index (χ4v) is 4.69. The largest absolute Gasteiger partial charge is 0.497 e. The average molecular weight is 411 g/mol. The minimum atomic E-state index is -0.118. The number of aromatic amines is 1. The number of hydrogen-bond acceptors (Lipinski definition) is 2. The monoisotopic (exact) mass is 410 g/mol. The lowest BCUT2D eigenvalue weighted by Gasteiger charge is -2.26. The predicted octanol–water partition coefficient (Wildman–Crippen LogP) is 6.19. The maximum atomic E-state index is 13.4. The van der Waals surface area contributed by atoms with Gasteiger partial charge >= 0.3 is 0 Å². The van der Waals surface area contributed by atoms with E-state index >= 15 is 0 Å². The number of hydrogen-bond donors (Lipinski definition) is 1. The van der Waals surface area contributed by atoms with Crippen LogP contribution in [0.5, 0.6) is 5.75 Å². The van der Waals surface area contributed by atoms with E-state index in [9.17, 15) is 4.79 Å². The van der Waals surface area contributed by atoms with Crippen molar-refractivity contribution >= 4 is 16.8 Å². The number of rotatable bonds is 6. The van der Waals surface area contributed by atoms with Crippen molar-refractivity contribution < 1.29 is 9.53 Å². The van der Waals surface area contributed by atoms with E-state index in [-0.39, 0.29) is 11.9 Å². The molecule has 0 saturated carbocycles. The SMILES string of the molecule is CCCCN1C(=O)c2ccccc2[C@H]1c1c(-c2cccc(OC)c2)[nH]c2ccccc12.